The van der Waals surface area contributed by atoms with Crippen molar-refractivity contribution in [2.75, 3.05) is 26.8 Å². The molecule has 3 atom stereocenters. The molecule has 2 fully saturated rings. The van der Waals surface area contributed by atoms with E-state index in [1.165, 1.54) is 5.56 Å². The van der Waals surface area contributed by atoms with E-state index in [9.17, 15) is 4.79 Å². The molecule has 1 spiro atoms. The molecule has 0 aliphatic carbocycles. The molecule has 2 aliphatic heterocycles. The van der Waals surface area contributed by atoms with Gasteiger partial charge in [-0.05, 0) is 31.9 Å². The molecule has 1 N–H and O–H groups in total. The lowest BCUT2D eigenvalue weighted by molar-refractivity contribution is -0.0755. The van der Waals surface area contributed by atoms with Gasteiger partial charge in [0, 0.05) is 24.4 Å². The number of rotatable bonds is 3. The zero-order valence-electron chi connectivity index (χ0n) is 15.6. The molecular formula is C21H26N2O3. The Balaban J connectivity index is 1.55. The zero-order chi connectivity index (χ0) is 18.3. The second-order valence-electron chi connectivity index (χ2n) is 7.59. The molecule has 5 nitrogen and oxygen atoms in total. The maximum atomic E-state index is 13.0. The number of benzene rings is 1. The van der Waals surface area contributed by atoms with Crippen molar-refractivity contribution in [3.8, 4) is 0 Å². The molecule has 4 rings (SSSR count). The maximum Gasteiger partial charge on any atom is 0.255 e. The van der Waals surface area contributed by atoms with Crippen molar-refractivity contribution < 1.29 is 14.3 Å². The highest BCUT2D eigenvalue weighted by atomic mass is 16.6. The van der Waals surface area contributed by atoms with Crippen LogP contribution in [-0.2, 0) is 9.47 Å². The van der Waals surface area contributed by atoms with E-state index in [2.05, 4.69) is 29.2 Å². The molecule has 3 heterocycles. The SMILES string of the molecule is CO[C@@H]1CN(C(=O)c2cc(C)[nH]c2C)C[C@]12C[C@@H](c1ccccc1)CO2. The summed E-state index contributed by atoms with van der Waals surface area (Å²) in [5.74, 6) is 0.401. The average molecular weight is 354 g/mol. The molecular weight excluding hydrogens is 328 g/mol. The fourth-order valence-corrected chi connectivity index (χ4v) is 4.49. The molecule has 2 saturated heterocycles. The zero-order valence-corrected chi connectivity index (χ0v) is 15.6. The van der Waals surface area contributed by atoms with Crippen LogP contribution in [-0.4, -0.2) is 54.3 Å². The quantitative estimate of drug-likeness (QED) is 0.922. The van der Waals surface area contributed by atoms with E-state index in [1.807, 2.05) is 30.9 Å². The third-order valence-corrected chi connectivity index (χ3v) is 5.82. The summed E-state index contributed by atoms with van der Waals surface area (Å²) in [5, 5.41) is 0. The van der Waals surface area contributed by atoms with Gasteiger partial charge in [0.15, 0.2) is 0 Å². The van der Waals surface area contributed by atoms with Crippen molar-refractivity contribution in [3.05, 3.63) is 58.9 Å². The van der Waals surface area contributed by atoms with Crippen LogP contribution in [0.5, 0.6) is 0 Å². The number of hydrogen-bond acceptors (Lipinski definition) is 3. The standard InChI is InChI=1S/C21H26N2O3/c1-14-9-18(15(2)22-14)20(24)23-11-19(25-3)21(13-23)10-17(12-26-21)16-7-5-4-6-8-16/h4-9,17,19,22H,10-13H2,1-3H3/t17-,19-,21-/m1/s1. The van der Waals surface area contributed by atoms with Gasteiger partial charge >= 0.3 is 0 Å². The van der Waals surface area contributed by atoms with E-state index in [1.54, 1.807) is 7.11 Å². The number of likely N-dealkylation sites (tertiary alicyclic amines) is 1. The largest absolute Gasteiger partial charge is 0.377 e. The molecule has 1 amide bonds. The van der Waals surface area contributed by atoms with Gasteiger partial charge in [-0.2, -0.15) is 0 Å². The van der Waals surface area contributed by atoms with Crippen molar-refractivity contribution in [2.24, 2.45) is 0 Å². The molecule has 1 aromatic heterocycles. The molecule has 0 unspecified atom stereocenters. The second-order valence-corrected chi connectivity index (χ2v) is 7.59. The summed E-state index contributed by atoms with van der Waals surface area (Å²) in [6.07, 6.45) is 0.783. The van der Waals surface area contributed by atoms with Crippen molar-refractivity contribution >= 4 is 5.91 Å². The van der Waals surface area contributed by atoms with Crippen molar-refractivity contribution in [3.63, 3.8) is 0 Å². The van der Waals surface area contributed by atoms with Gasteiger partial charge < -0.3 is 19.4 Å². The summed E-state index contributed by atoms with van der Waals surface area (Å²) in [5.41, 5.74) is 3.54. The van der Waals surface area contributed by atoms with Gasteiger partial charge in [-0.15, -0.1) is 0 Å². The fourth-order valence-electron chi connectivity index (χ4n) is 4.49. The highest BCUT2D eigenvalue weighted by Crippen LogP contribution is 2.43. The molecule has 0 saturated carbocycles. The Morgan fingerprint density at radius 3 is 2.73 bits per heavy atom. The van der Waals surface area contributed by atoms with Crippen LogP contribution in [0.4, 0.5) is 0 Å². The number of ether oxygens (including phenoxy) is 2. The van der Waals surface area contributed by atoms with E-state index >= 15 is 0 Å². The number of aromatic nitrogens is 1. The first-order valence-corrected chi connectivity index (χ1v) is 9.19. The van der Waals surface area contributed by atoms with E-state index < -0.39 is 5.60 Å². The van der Waals surface area contributed by atoms with Crippen LogP contribution in [0.25, 0.3) is 0 Å². The molecule has 2 aromatic rings. The summed E-state index contributed by atoms with van der Waals surface area (Å²) in [6, 6.07) is 12.4. The number of methoxy groups -OCH3 is 1. The topological polar surface area (TPSA) is 54.6 Å². The lowest BCUT2D eigenvalue weighted by atomic mass is 9.87. The Labute approximate surface area is 154 Å². The third-order valence-electron chi connectivity index (χ3n) is 5.82. The van der Waals surface area contributed by atoms with Crippen LogP contribution >= 0.6 is 0 Å². The van der Waals surface area contributed by atoms with E-state index in [4.69, 9.17) is 9.47 Å². The highest BCUT2D eigenvalue weighted by molar-refractivity contribution is 5.96. The summed E-state index contributed by atoms with van der Waals surface area (Å²) in [4.78, 5) is 18.1. The Kier molecular flexibility index (Phi) is 4.37. The third kappa shape index (κ3) is 2.85. The van der Waals surface area contributed by atoms with Crippen LogP contribution in [0.15, 0.2) is 36.4 Å². The first-order chi connectivity index (χ1) is 12.5. The molecule has 26 heavy (non-hydrogen) atoms. The van der Waals surface area contributed by atoms with E-state index in [0.29, 0.717) is 25.6 Å². The number of aromatic amines is 1. The molecule has 0 radical (unpaired) electrons. The first kappa shape index (κ1) is 17.3. The van der Waals surface area contributed by atoms with Crippen LogP contribution < -0.4 is 0 Å². The summed E-state index contributed by atoms with van der Waals surface area (Å²) in [6.45, 7) is 5.74. The smallest absolute Gasteiger partial charge is 0.255 e. The Bertz CT molecular complexity index is 801. The number of nitrogens with one attached hydrogen (secondary N) is 1. The predicted octanol–water partition coefficient (Wildman–Crippen LogP) is 3.05. The van der Waals surface area contributed by atoms with Gasteiger partial charge in [-0.1, -0.05) is 30.3 Å². The Hall–Kier alpha value is -2.11. The maximum absolute atomic E-state index is 13.0. The van der Waals surface area contributed by atoms with Gasteiger partial charge in [0.05, 0.1) is 25.3 Å². The summed E-state index contributed by atoms with van der Waals surface area (Å²) in [7, 11) is 1.71. The minimum atomic E-state index is -0.413. The number of amides is 1. The number of hydrogen-bond donors (Lipinski definition) is 1. The van der Waals surface area contributed by atoms with Crippen molar-refractivity contribution in [1.82, 2.24) is 9.88 Å². The minimum Gasteiger partial charge on any atom is -0.377 e. The van der Waals surface area contributed by atoms with Crippen molar-refractivity contribution in [2.45, 2.75) is 37.9 Å². The molecule has 2 aliphatic rings. The van der Waals surface area contributed by atoms with E-state index in [-0.39, 0.29) is 12.0 Å². The minimum absolute atomic E-state index is 0.0533. The van der Waals surface area contributed by atoms with Crippen LogP contribution in [0.2, 0.25) is 0 Å². The molecule has 138 valence electrons. The van der Waals surface area contributed by atoms with Gasteiger partial charge in [0.2, 0.25) is 0 Å². The number of H-pyrrole nitrogens is 1. The monoisotopic (exact) mass is 354 g/mol. The number of carbonyl (C=O) groups is 1. The lowest BCUT2D eigenvalue weighted by Crippen LogP contribution is -2.42. The van der Waals surface area contributed by atoms with E-state index in [0.717, 1.165) is 23.4 Å². The van der Waals surface area contributed by atoms with Gasteiger partial charge in [-0.3, -0.25) is 4.79 Å². The van der Waals surface area contributed by atoms with Crippen LogP contribution in [0.3, 0.4) is 0 Å². The number of nitrogens with zero attached hydrogens (tertiary/aromatic N) is 1. The summed E-state index contributed by atoms with van der Waals surface area (Å²) < 4.78 is 12.1. The normalized spacial score (nSPS) is 28.2. The first-order valence-electron chi connectivity index (χ1n) is 9.19. The Morgan fingerprint density at radius 2 is 2.08 bits per heavy atom. The van der Waals surface area contributed by atoms with Gasteiger partial charge in [0.1, 0.15) is 11.7 Å². The lowest BCUT2D eigenvalue weighted by Gasteiger charge is -2.28. The Morgan fingerprint density at radius 1 is 1.31 bits per heavy atom. The van der Waals surface area contributed by atoms with Crippen molar-refractivity contribution in [1.29, 1.82) is 0 Å². The average Bonchev–Trinajstić information content (AvgIpc) is 3.33. The summed E-state index contributed by atoms with van der Waals surface area (Å²) >= 11 is 0. The van der Waals surface area contributed by atoms with Gasteiger partial charge in [0.25, 0.3) is 5.91 Å². The fraction of sp³-hybridized carbons (Fsp3) is 0.476. The van der Waals surface area contributed by atoms with Crippen LogP contribution in [0, 0.1) is 13.8 Å². The number of carbonyl (C=O) groups excluding carboxylic acids is 1. The molecule has 5 heteroatoms. The predicted molar refractivity (Wildman–Crippen MR) is 99.5 cm³/mol. The highest BCUT2D eigenvalue weighted by Gasteiger charge is 2.54. The molecule has 0 bridgehead atoms. The molecule has 1 aromatic carbocycles. The van der Waals surface area contributed by atoms with Gasteiger partial charge in [-0.25, -0.2) is 0 Å². The van der Waals surface area contributed by atoms with Crippen LogP contribution in [0.1, 0.15) is 39.6 Å². The second kappa shape index (κ2) is 6.56. The number of aryl methyl sites for hydroxylation is 2.